The Morgan fingerprint density at radius 3 is 2.86 bits per heavy atom. The van der Waals surface area contributed by atoms with Crippen molar-refractivity contribution in [2.75, 3.05) is 18.4 Å². The average Bonchev–Trinajstić information content (AvgIpc) is 2.92. The summed E-state index contributed by atoms with van der Waals surface area (Å²) in [4.78, 5) is 3.71. The van der Waals surface area contributed by atoms with Crippen molar-refractivity contribution in [1.29, 1.82) is 5.26 Å². The zero-order valence-corrected chi connectivity index (χ0v) is 12.0. The van der Waals surface area contributed by atoms with Crippen molar-refractivity contribution >= 4 is 15.7 Å². The smallest absolute Gasteiger partial charge is 0.263 e. The van der Waals surface area contributed by atoms with E-state index in [4.69, 9.17) is 10.00 Å². The lowest BCUT2D eigenvalue weighted by Gasteiger charge is -2.05. The molecule has 0 fully saturated rings. The second-order valence-corrected chi connectivity index (χ2v) is 5.76. The molecular formula is C12H13N5O3S. The Morgan fingerprint density at radius 2 is 2.24 bits per heavy atom. The van der Waals surface area contributed by atoms with E-state index >= 15 is 0 Å². The van der Waals surface area contributed by atoms with Gasteiger partial charge in [-0.2, -0.15) is 10.4 Å². The molecule has 2 heterocycles. The molecular weight excluding hydrogens is 294 g/mol. The molecule has 21 heavy (non-hydrogen) atoms. The lowest BCUT2D eigenvalue weighted by atomic mass is 10.4. The molecule has 0 aliphatic heterocycles. The first-order valence-corrected chi connectivity index (χ1v) is 7.44. The quantitative estimate of drug-likeness (QED) is 0.836. The number of methoxy groups -OCH3 is 1. The topological polar surface area (TPSA) is 110 Å². The third-order valence-corrected chi connectivity index (χ3v) is 3.94. The Hall–Kier alpha value is -2.44. The van der Waals surface area contributed by atoms with Gasteiger partial charge in [0.05, 0.1) is 25.0 Å². The van der Waals surface area contributed by atoms with Gasteiger partial charge >= 0.3 is 0 Å². The SMILES string of the molecule is COCCn1cc(NS(=O)(=O)c2ccc(C#N)nc2)cn1. The highest BCUT2D eigenvalue weighted by Crippen LogP contribution is 2.14. The zero-order valence-electron chi connectivity index (χ0n) is 11.2. The molecule has 9 heteroatoms. The number of nitrogens with one attached hydrogen (secondary N) is 1. The third kappa shape index (κ3) is 3.77. The largest absolute Gasteiger partial charge is 0.383 e. The molecule has 2 aromatic heterocycles. The molecule has 0 aromatic carbocycles. The number of ether oxygens (including phenoxy) is 1. The molecule has 0 bridgehead atoms. The van der Waals surface area contributed by atoms with E-state index in [-0.39, 0.29) is 10.6 Å². The van der Waals surface area contributed by atoms with Crippen molar-refractivity contribution in [2.45, 2.75) is 11.4 Å². The highest BCUT2D eigenvalue weighted by Gasteiger charge is 2.15. The maximum absolute atomic E-state index is 12.1. The molecule has 0 atom stereocenters. The van der Waals surface area contributed by atoms with Gasteiger partial charge in [-0.3, -0.25) is 9.40 Å². The van der Waals surface area contributed by atoms with Crippen LogP contribution in [0.2, 0.25) is 0 Å². The molecule has 0 amide bonds. The summed E-state index contributed by atoms with van der Waals surface area (Å²) < 4.78 is 33.1. The van der Waals surface area contributed by atoms with Gasteiger partial charge in [-0.15, -0.1) is 0 Å². The van der Waals surface area contributed by atoms with E-state index in [2.05, 4.69) is 14.8 Å². The summed E-state index contributed by atoms with van der Waals surface area (Å²) in [6, 6.07) is 4.49. The second-order valence-electron chi connectivity index (χ2n) is 4.08. The fourth-order valence-electron chi connectivity index (χ4n) is 1.54. The van der Waals surface area contributed by atoms with Gasteiger partial charge in [-0.25, -0.2) is 13.4 Å². The normalized spacial score (nSPS) is 11.0. The van der Waals surface area contributed by atoms with Gasteiger partial charge < -0.3 is 4.74 Å². The lowest BCUT2D eigenvalue weighted by molar-refractivity contribution is 0.183. The second kappa shape index (κ2) is 6.34. The van der Waals surface area contributed by atoms with Crippen LogP contribution in [-0.2, 0) is 21.3 Å². The van der Waals surface area contributed by atoms with Crippen LogP contribution in [-0.4, -0.2) is 36.9 Å². The van der Waals surface area contributed by atoms with Crippen LogP contribution in [0.25, 0.3) is 0 Å². The minimum absolute atomic E-state index is 0.0221. The van der Waals surface area contributed by atoms with Crippen molar-refractivity contribution in [3.8, 4) is 6.07 Å². The summed E-state index contributed by atoms with van der Waals surface area (Å²) in [5.41, 5.74) is 0.497. The molecule has 0 saturated heterocycles. The molecule has 0 saturated carbocycles. The monoisotopic (exact) mass is 307 g/mol. The van der Waals surface area contributed by atoms with Crippen LogP contribution in [0, 0.1) is 11.3 Å². The van der Waals surface area contributed by atoms with Gasteiger partial charge in [-0.1, -0.05) is 0 Å². The third-order valence-electron chi connectivity index (χ3n) is 2.57. The number of sulfonamides is 1. The van der Waals surface area contributed by atoms with Crippen molar-refractivity contribution in [1.82, 2.24) is 14.8 Å². The number of hydrogen-bond donors (Lipinski definition) is 1. The van der Waals surface area contributed by atoms with E-state index in [0.717, 1.165) is 6.20 Å². The molecule has 2 aromatic rings. The predicted molar refractivity (Wildman–Crippen MR) is 73.9 cm³/mol. The van der Waals surface area contributed by atoms with Crippen LogP contribution in [0.15, 0.2) is 35.6 Å². The van der Waals surface area contributed by atoms with Crippen LogP contribution in [0.5, 0.6) is 0 Å². The molecule has 0 aliphatic rings. The summed E-state index contributed by atoms with van der Waals surface area (Å²) in [6.07, 6.45) is 4.11. The molecule has 8 nitrogen and oxygen atoms in total. The molecule has 110 valence electrons. The zero-order chi connectivity index (χ0) is 15.3. The predicted octanol–water partition coefficient (Wildman–Crippen LogP) is 0.597. The van der Waals surface area contributed by atoms with E-state index in [9.17, 15) is 8.42 Å². The fraction of sp³-hybridized carbons (Fsp3) is 0.250. The van der Waals surface area contributed by atoms with Crippen LogP contribution in [0.3, 0.4) is 0 Å². The summed E-state index contributed by atoms with van der Waals surface area (Å²) in [5, 5.41) is 12.7. The van der Waals surface area contributed by atoms with Crippen LogP contribution >= 0.6 is 0 Å². The Labute approximate surface area is 122 Å². The van der Waals surface area contributed by atoms with Crippen LogP contribution in [0.1, 0.15) is 5.69 Å². The highest BCUT2D eigenvalue weighted by atomic mass is 32.2. The van der Waals surface area contributed by atoms with E-state index < -0.39 is 10.0 Å². The lowest BCUT2D eigenvalue weighted by Crippen LogP contribution is -2.13. The van der Waals surface area contributed by atoms with Crippen LogP contribution in [0.4, 0.5) is 5.69 Å². The molecule has 1 N–H and O–H groups in total. The number of pyridine rings is 1. The maximum atomic E-state index is 12.1. The van der Waals surface area contributed by atoms with Crippen molar-refractivity contribution in [3.05, 3.63) is 36.4 Å². The summed E-state index contributed by atoms with van der Waals surface area (Å²) in [5.74, 6) is 0. The number of nitriles is 1. The fourth-order valence-corrected chi connectivity index (χ4v) is 2.52. The van der Waals surface area contributed by atoms with E-state index in [0.29, 0.717) is 18.8 Å². The Kier molecular flexibility index (Phi) is 4.52. The van der Waals surface area contributed by atoms with Crippen LogP contribution < -0.4 is 4.72 Å². The van der Waals surface area contributed by atoms with Crippen molar-refractivity contribution in [2.24, 2.45) is 0 Å². The van der Waals surface area contributed by atoms with E-state index in [1.54, 1.807) is 18.0 Å². The van der Waals surface area contributed by atoms with Gasteiger partial charge in [0.1, 0.15) is 16.7 Å². The summed E-state index contributed by atoms with van der Waals surface area (Å²) in [7, 11) is -2.18. The Balaban J connectivity index is 2.13. The van der Waals surface area contributed by atoms with Crippen molar-refractivity contribution < 1.29 is 13.2 Å². The first-order valence-electron chi connectivity index (χ1n) is 5.95. The van der Waals surface area contributed by atoms with Gasteiger partial charge in [-0.05, 0) is 12.1 Å². The van der Waals surface area contributed by atoms with E-state index in [1.807, 2.05) is 6.07 Å². The standard InChI is InChI=1S/C12H13N5O3S/c1-20-5-4-17-9-11(7-15-17)16-21(18,19)12-3-2-10(6-13)14-8-12/h2-3,7-9,16H,4-5H2,1H3. The molecule has 2 rings (SSSR count). The Morgan fingerprint density at radius 1 is 1.43 bits per heavy atom. The summed E-state index contributed by atoms with van der Waals surface area (Å²) >= 11 is 0. The van der Waals surface area contributed by atoms with Gasteiger partial charge in [0.15, 0.2) is 0 Å². The van der Waals surface area contributed by atoms with Gasteiger partial charge in [0, 0.05) is 19.5 Å². The number of nitrogens with zero attached hydrogens (tertiary/aromatic N) is 4. The average molecular weight is 307 g/mol. The number of rotatable bonds is 6. The molecule has 0 radical (unpaired) electrons. The molecule has 0 spiro atoms. The van der Waals surface area contributed by atoms with Crippen molar-refractivity contribution in [3.63, 3.8) is 0 Å². The summed E-state index contributed by atoms with van der Waals surface area (Å²) in [6.45, 7) is 1.00. The van der Waals surface area contributed by atoms with Gasteiger partial charge in [0.2, 0.25) is 0 Å². The molecule has 0 aliphatic carbocycles. The maximum Gasteiger partial charge on any atom is 0.263 e. The number of aromatic nitrogens is 3. The minimum Gasteiger partial charge on any atom is -0.383 e. The highest BCUT2D eigenvalue weighted by molar-refractivity contribution is 7.92. The first kappa shape index (κ1) is 15.0. The first-order chi connectivity index (χ1) is 10.0. The van der Waals surface area contributed by atoms with Gasteiger partial charge in [0.25, 0.3) is 10.0 Å². The number of hydrogen-bond acceptors (Lipinski definition) is 6. The molecule has 0 unspecified atom stereocenters. The Bertz CT molecular complexity index is 746. The van der Waals surface area contributed by atoms with E-state index in [1.165, 1.54) is 18.3 Å². The number of anilines is 1. The minimum atomic E-state index is -3.75.